The average molecular weight is 295 g/mol. The van der Waals surface area contributed by atoms with Crippen LogP contribution in [0, 0.1) is 23.0 Å². The van der Waals surface area contributed by atoms with Gasteiger partial charge < -0.3 is 19.7 Å². The molecule has 0 saturated carbocycles. The van der Waals surface area contributed by atoms with Crippen molar-refractivity contribution in [3.8, 4) is 11.8 Å². The van der Waals surface area contributed by atoms with Crippen molar-refractivity contribution in [2.45, 2.75) is 6.54 Å². The standard InChI is InChI=1S/C13H11F2N3O3/c1-21-9-3-2-7(14)12-10(9)11(15)8(6-16)18(12)5-4-17-13(19)20/h2-3,17H,4-5H2,1H3,(H,19,20). The number of hydrogen-bond donors (Lipinski definition) is 2. The average Bonchev–Trinajstić information content (AvgIpc) is 2.73. The van der Waals surface area contributed by atoms with E-state index in [2.05, 4.69) is 5.32 Å². The molecule has 2 N–H and O–H groups in total. The highest BCUT2D eigenvalue weighted by molar-refractivity contribution is 5.89. The molecule has 0 unspecified atom stereocenters. The molecule has 0 aliphatic rings. The van der Waals surface area contributed by atoms with E-state index in [0.29, 0.717) is 0 Å². The summed E-state index contributed by atoms with van der Waals surface area (Å²) in [7, 11) is 1.31. The number of methoxy groups -OCH3 is 1. The van der Waals surface area contributed by atoms with Crippen molar-refractivity contribution in [2.24, 2.45) is 0 Å². The van der Waals surface area contributed by atoms with Gasteiger partial charge in [-0.3, -0.25) is 0 Å². The van der Waals surface area contributed by atoms with Gasteiger partial charge in [0.1, 0.15) is 17.6 Å². The lowest BCUT2D eigenvalue weighted by atomic mass is 10.2. The predicted octanol–water partition coefficient (Wildman–Crippen LogP) is 2.07. The maximum absolute atomic E-state index is 14.3. The van der Waals surface area contributed by atoms with Crippen LogP contribution in [0.25, 0.3) is 10.9 Å². The van der Waals surface area contributed by atoms with Gasteiger partial charge in [0.15, 0.2) is 11.5 Å². The van der Waals surface area contributed by atoms with E-state index < -0.39 is 17.7 Å². The molecule has 0 bridgehead atoms. The van der Waals surface area contributed by atoms with Gasteiger partial charge in [0.25, 0.3) is 0 Å². The molecule has 110 valence electrons. The van der Waals surface area contributed by atoms with Crippen molar-refractivity contribution < 1.29 is 23.4 Å². The SMILES string of the molecule is COc1ccc(F)c2c1c(F)c(C#N)n2CCNC(=O)O. The Hall–Kier alpha value is -2.82. The summed E-state index contributed by atoms with van der Waals surface area (Å²) in [4.78, 5) is 10.4. The van der Waals surface area contributed by atoms with E-state index in [0.717, 1.165) is 10.6 Å². The summed E-state index contributed by atoms with van der Waals surface area (Å²) in [6.07, 6.45) is -1.26. The van der Waals surface area contributed by atoms with Crippen LogP contribution < -0.4 is 10.1 Å². The summed E-state index contributed by atoms with van der Waals surface area (Å²) in [5, 5.41) is 19.5. The topological polar surface area (TPSA) is 87.3 Å². The Morgan fingerprint density at radius 1 is 1.52 bits per heavy atom. The summed E-state index contributed by atoms with van der Waals surface area (Å²) in [6.45, 7) is -0.177. The van der Waals surface area contributed by atoms with Gasteiger partial charge in [-0.05, 0) is 12.1 Å². The van der Waals surface area contributed by atoms with Gasteiger partial charge in [-0.2, -0.15) is 5.26 Å². The fourth-order valence-corrected chi connectivity index (χ4v) is 2.15. The van der Waals surface area contributed by atoms with Gasteiger partial charge in [0.05, 0.1) is 18.0 Å². The maximum Gasteiger partial charge on any atom is 0.404 e. The van der Waals surface area contributed by atoms with Crippen molar-refractivity contribution in [1.82, 2.24) is 9.88 Å². The van der Waals surface area contributed by atoms with Crippen LogP contribution in [0.5, 0.6) is 5.75 Å². The number of nitriles is 1. The quantitative estimate of drug-likeness (QED) is 0.904. The van der Waals surface area contributed by atoms with E-state index in [4.69, 9.17) is 15.1 Å². The Morgan fingerprint density at radius 2 is 2.24 bits per heavy atom. The minimum absolute atomic E-state index is 0.0836. The van der Waals surface area contributed by atoms with Crippen LogP contribution in [-0.2, 0) is 6.54 Å². The number of hydrogen-bond acceptors (Lipinski definition) is 3. The number of benzene rings is 1. The second kappa shape index (κ2) is 5.66. The zero-order valence-electron chi connectivity index (χ0n) is 11.0. The first-order chi connectivity index (χ1) is 10.0. The molecule has 8 heteroatoms. The van der Waals surface area contributed by atoms with E-state index in [9.17, 15) is 13.6 Å². The lowest BCUT2D eigenvalue weighted by molar-refractivity contribution is 0.194. The molecule has 1 aromatic heterocycles. The van der Waals surface area contributed by atoms with Crippen LogP contribution in [0.15, 0.2) is 12.1 Å². The minimum Gasteiger partial charge on any atom is -0.496 e. The van der Waals surface area contributed by atoms with E-state index >= 15 is 0 Å². The zero-order valence-corrected chi connectivity index (χ0v) is 11.0. The number of rotatable bonds is 4. The first-order valence-electron chi connectivity index (χ1n) is 5.92. The van der Waals surface area contributed by atoms with Gasteiger partial charge in [-0.25, -0.2) is 13.6 Å². The molecule has 0 aliphatic carbocycles. The third-order valence-electron chi connectivity index (χ3n) is 3.00. The Kier molecular flexibility index (Phi) is 3.93. The molecule has 0 aliphatic heterocycles. The molecule has 0 radical (unpaired) electrons. The second-order valence-electron chi connectivity index (χ2n) is 4.13. The number of carboxylic acid groups (broad SMARTS) is 1. The fourth-order valence-electron chi connectivity index (χ4n) is 2.15. The van der Waals surface area contributed by atoms with Crippen molar-refractivity contribution in [1.29, 1.82) is 5.26 Å². The number of halogens is 2. The number of amides is 1. The first-order valence-corrected chi connectivity index (χ1v) is 5.92. The first kappa shape index (κ1) is 14.6. The van der Waals surface area contributed by atoms with Crippen LogP contribution in [0.2, 0.25) is 0 Å². The summed E-state index contributed by atoms with van der Waals surface area (Å²) in [6, 6.07) is 4.03. The number of ether oxygens (including phenoxy) is 1. The summed E-state index contributed by atoms with van der Waals surface area (Å²) < 4.78 is 34.3. The molecule has 6 nitrogen and oxygen atoms in total. The Morgan fingerprint density at radius 3 is 2.81 bits per heavy atom. The van der Waals surface area contributed by atoms with Gasteiger partial charge in [-0.1, -0.05) is 0 Å². The van der Waals surface area contributed by atoms with Crippen molar-refractivity contribution in [3.63, 3.8) is 0 Å². The summed E-state index contributed by atoms with van der Waals surface area (Å²) in [5.74, 6) is -1.51. The van der Waals surface area contributed by atoms with E-state index in [-0.39, 0.29) is 35.4 Å². The molecule has 2 rings (SSSR count). The van der Waals surface area contributed by atoms with Gasteiger partial charge in [-0.15, -0.1) is 0 Å². The van der Waals surface area contributed by atoms with E-state index in [1.165, 1.54) is 13.2 Å². The Balaban J connectivity index is 2.63. The second-order valence-corrected chi connectivity index (χ2v) is 4.13. The molecule has 0 spiro atoms. The molecule has 2 aromatic rings. The van der Waals surface area contributed by atoms with Crippen molar-refractivity contribution in [3.05, 3.63) is 29.5 Å². The fraction of sp³-hybridized carbons (Fsp3) is 0.231. The Labute approximate surface area is 118 Å². The van der Waals surface area contributed by atoms with Gasteiger partial charge in [0, 0.05) is 13.1 Å². The van der Waals surface area contributed by atoms with Crippen LogP contribution >= 0.6 is 0 Å². The third-order valence-corrected chi connectivity index (χ3v) is 3.00. The van der Waals surface area contributed by atoms with Crippen LogP contribution in [0.1, 0.15) is 5.69 Å². The monoisotopic (exact) mass is 295 g/mol. The van der Waals surface area contributed by atoms with E-state index in [1.807, 2.05) is 0 Å². The predicted molar refractivity (Wildman–Crippen MR) is 69.1 cm³/mol. The molecule has 0 fully saturated rings. The number of fused-ring (bicyclic) bond motifs is 1. The molecular formula is C13H11F2N3O3. The number of aromatic nitrogens is 1. The van der Waals surface area contributed by atoms with Crippen LogP contribution in [0.3, 0.4) is 0 Å². The van der Waals surface area contributed by atoms with Crippen molar-refractivity contribution >= 4 is 17.0 Å². The van der Waals surface area contributed by atoms with Crippen molar-refractivity contribution in [2.75, 3.05) is 13.7 Å². The highest BCUT2D eigenvalue weighted by atomic mass is 19.1. The molecule has 0 saturated heterocycles. The molecule has 0 atom stereocenters. The summed E-state index contributed by atoms with van der Waals surface area (Å²) in [5.41, 5.74) is -0.504. The number of nitrogens with one attached hydrogen (secondary N) is 1. The molecule has 1 heterocycles. The largest absolute Gasteiger partial charge is 0.496 e. The van der Waals surface area contributed by atoms with Crippen LogP contribution in [0.4, 0.5) is 13.6 Å². The Bertz CT molecular complexity index is 749. The van der Waals surface area contributed by atoms with Gasteiger partial charge in [0.2, 0.25) is 0 Å². The van der Waals surface area contributed by atoms with Gasteiger partial charge >= 0.3 is 6.09 Å². The van der Waals surface area contributed by atoms with Crippen LogP contribution in [-0.4, -0.2) is 29.4 Å². The lowest BCUT2D eigenvalue weighted by Crippen LogP contribution is -2.25. The third kappa shape index (κ3) is 2.45. The molecule has 21 heavy (non-hydrogen) atoms. The number of carbonyl (C=O) groups is 1. The zero-order chi connectivity index (χ0) is 15.6. The maximum atomic E-state index is 14.3. The molecular weight excluding hydrogens is 284 g/mol. The minimum atomic E-state index is -1.26. The number of nitrogens with zero attached hydrogens (tertiary/aromatic N) is 2. The molecule has 1 aromatic carbocycles. The highest BCUT2D eigenvalue weighted by Gasteiger charge is 2.23. The highest BCUT2D eigenvalue weighted by Crippen LogP contribution is 2.34. The van der Waals surface area contributed by atoms with E-state index in [1.54, 1.807) is 6.07 Å². The lowest BCUT2D eigenvalue weighted by Gasteiger charge is -2.08. The normalized spacial score (nSPS) is 10.4. The smallest absolute Gasteiger partial charge is 0.404 e. The molecule has 1 amide bonds. The summed E-state index contributed by atoms with van der Waals surface area (Å²) >= 11 is 0.